The molecular weight excluding hydrogens is 422 g/mol. The van der Waals surface area contributed by atoms with Crippen LogP contribution in [-0.4, -0.2) is 27.6 Å². The summed E-state index contributed by atoms with van der Waals surface area (Å²) in [5.74, 6) is 0.909. The third-order valence-electron chi connectivity index (χ3n) is 3.81. The third kappa shape index (κ3) is 4.86. The van der Waals surface area contributed by atoms with Gasteiger partial charge in [-0.15, -0.1) is 11.3 Å². The molecule has 0 atom stereocenters. The van der Waals surface area contributed by atoms with Gasteiger partial charge in [-0.3, -0.25) is 4.72 Å². The molecule has 0 saturated carbocycles. The topological polar surface area (TPSA) is 89.5 Å². The number of thiazole rings is 1. The predicted molar refractivity (Wildman–Crippen MR) is 111 cm³/mol. The molecule has 0 saturated heterocycles. The van der Waals surface area contributed by atoms with E-state index in [9.17, 15) is 8.42 Å². The molecule has 7 nitrogen and oxygen atoms in total. The number of ether oxygens (including phenoxy) is 2. The fraction of sp³-hybridized carbons (Fsp3) is 0.167. The Bertz CT molecular complexity index is 1050. The number of rotatable bonds is 8. The van der Waals surface area contributed by atoms with Crippen molar-refractivity contribution in [2.24, 2.45) is 0 Å². The van der Waals surface area contributed by atoms with Gasteiger partial charge in [0.1, 0.15) is 11.5 Å². The van der Waals surface area contributed by atoms with Crippen LogP contribution in [0.25, 0.3) is 0 Å². The lowest BCUT2D eigenvalue weighted by atomic mass is 10.3. The van der Waals surface area contributed by atoms with Crippen molar-refractivity contribution in [2.75, 3.05) is 24.3 Å². The second-order valence-electron chi connectivity index (χ2n) is 5.63. The molecule has 2 N–H and O–H groups in total. The van der Waals surface area contributed by atoms with Gasteiger partial charge in [0.2, 0.25) is 0 Å². The molecule has 28 heavy (non-hydrogen) atoms. The molecule has 3 aromatic rings. The third-order valence-corrected chi connectivity index (χ3v) is 6.30. The van der Waals surface area contributed by atoms with E-state index < -0.39 is 10.0 Å². The van der Waals surface area contributed by atoms with Crippen LogP contribution in [0, 0.1) is 0 Å². The molecule has 3 rings (SSSR count). The maximum atomic E-state index is 12.7. The molecule has 2 aromatic carbocycles. The molecule has 148 valence electrons. The highest BCUT2D eigenvalue weighted by Crippen LogP contribution is 2.31. The number of hydrogen-bond donors (Lipinski definition) is 2. The van der Waals surface area contributed by atoms with Gasteiger partial charge in [-0.2, -0.15) is 0 Å². The molecule has 0 spiro atoms. The molecular formula is C18H18ClN3O4S2. The smallest absolute Gasteiger partial charge is 0.262 e. The van der Waals surface area contributed by atoms with Crippen molar-refractivity contribution in [3.05, 3.63) is 58.0 Å². The highest BCUT2D eigenvalue weighted by molar-refractivity contribution is 7.92. The zero-order valence-electron chi connectivity index (χ0n) is 15.1. The van der Waals surface area contributed by atoms with E-state index in [1.54, 1.807) is 36.5 Å². The van der Waals surface area contributed by atoms with Gasteiger partial charge in [-0.1, -0.05) is 11.6 Å². The Hall–Kier alpha value is -2.49. The molecule has 0 radical (unpaired) electrons. The molecule has 0 aliphatic heterocycles. The maximum Gasteiger partial charge on any atom is 0.262 e. The van der Waals surface area contributed by atoms with Gasteiger partial charge < -0.3 is 14.8 Å². The summed E-state index contributed by atoms with van der Waals surface area (Å²) in [5.41, 5.74) is 1.08. The van der Waals surface area contributed by atoms with Gasteiger partial charge in [0.15, 0.2) is 4.47 Å². The van der Waals surface area contributed by atoms with Crippen LogP contribution in [0.4, 0.5) is 11.4 Å². The van der Waals surface area contributed by atoms with E-state index in [0.29, 0.717) is 28.2 Å². The lowest BCUT2D eigenvalue weighted by Crippen LogP contribution is -2.13. The van der Waals surface area contributed by atoms with E-state index in [4.69, 9.17) is 21.1 Å². The van der Waals surface area contributed by atoms with Gasteiger partial charge in [0.05, 0.1) is 31.3 Å². The number of nitrogens with zero attached hydrogens (tertiary/aromatic N) is 1. The van der Waals surface area contributed by atoms with Crippen LogP contribution >= 0.6 is 22.9 Å². The second-order valence-corrected chi connectivity index (χ2v) is 9.01. The van der Waals surface area contributed by atoms with Crippen molar-refractivity contribution in [1.29, 1.82) is 0 Å². The minimum absolute atomic E-state index is 0.128. The molecule has 0 amide bonds. The summed E-state index contributed by atoms with van der Waals surface area (Å²) in [5, 5.41) is 3.20. The van der Waals surface area contributed by atoms with Crippen LogP contribution in [0.15, 0.2) is 53.6 Å². The van der Waals surface area contributed by atoms with Crippen LogP contribution in [0.3, 0.4) is 0 Å². The van der Waals surface area contributed by atoms with Crippen molar-refractivity contribution < 1.29 is 17.9 Å². The van der Waals surface area contributed by atoms with Crippen molar-refractivity contribution >= 4 is 44.3 Å². The first-order valence-electron chi connectivity index (χ1n) is 8.10. The summed E-state index contributed by atoms with van der Waals surface area (Å²) in [6.45, 7) is 0.551. The first kappa shape index (κ1) is 20.2. The largest absolute Gasteiger partial charge is 0.497 e. The fourth-order valence-electron chi connectivity index (χ4n) is 2.40. The fourth-order valence-corrected chi connectivity index (χ4v) is 4.38. The number of benzene rings is 2. The van der Waals surface area contributed by atoms with E-state index >= 15 is 0 Å². The molecule has 0 unspecified atom stereocenters. The molecule has 0 fully saturated rings. The lowest BCUT2D eigenvalue weighted by Gasteiger charge is -2.13. The van der Waals surface area contributed by atoms with Crippen molar-refractivity contribution in [3.8, 4) is 11.5 Å². The molecule has 0 aliphatic rings. The number of nitrogens with one attached hydrogen (secondary N) is 2. The number of sulfonamides is 1. The normalized spacial score (nSPS) is 11.1. The number of methoxy groups -OCH3 is 2. The summed E-state index contributed by atoms with van der Waals surface area (Å²) in [6, 6.07) is 11.3. The standard InChI is InChI=1S/C18H18ClN3O4S2/c1-25-13-5-8-17(26-2)16(9-13)22-28(23,24)15-6-3-12(4-7-15)20-10-14-11-21-18(19)27-14/h3-9,11,20,22H,10H2,1-2H3. The summed E-state index contributed by atoms with van der Waals surface area (Å²) >= 11 is 7.20. The number of anilines is 2. The molecule has 1 aromatic heterocycles. The Kier molecular flexibility index (Phi) is 6.28. The molecule has 0 bridgehead atoms. The van der Waals surface area contributed by atoms with Crippen LogP contribution in [0.1, 0.15) is 4.88 Å². The maximum absolute atomic E-state index is 12.7. The number of hydrogen-bond acceptors (Lipinski definition) is 7. The van der Waals surface area contributed by atoms with E-state index in [0.717, 1.165) is 10.6 Å². The minimum atomic E-state index is -3.79. The average molecular weight is 440 g/mol. The van der Waals surface area contributed by atoms with Crippen LogP contribution < -0.4 is 19.5 Å². The number of aromatic nitrogens is 1. The molecule has 1 heterocycles. The van der Waals surface area contributed by atoms with Crippen LogP contribution in [0.5, 0.6) is 11.5 Å². The van der Waals surface area contributed by atoms with Gasteiger partial charge in [0.25, 0.3) is 10.0 Å². The quantitative estimate of drug-likeness (QED) is 0.546. The van der Waals surface area contributed by atoms with Crippen molar-refractivity contribution in [2.45, 2.75) is 11.4 Å². The van der Waals surface area contributed by atoms with Crippen LogP contribution in [0.2, 0.25) is 4.47 Å². The first-order chi connectivity index (χ1) is 13.4. The summed E-state index contributed by atoms with van der Waals surface area (Å²) < 4.78 is 38.8. The Morgan fingerprint density at radius 1 is 1.11 bits per heavy atom. The van der Waals surface area contributed by atoms with E-state index in [1.807, 2.05) is 0 Å². The average Bonchev–Trinajstić information content (AvgIpc) is 3.11. The van der Waals surface area contributed by atoms with E-state index in [-0.39, 0.29) is 4.90 Å². The van der Waals surface area contributed by atoms with Gasteiger partial charge >= 0.3 is 0 Å². The zero-order chi connectivity index (χ0) is 20.1. The number of halogens is 1. The van der Waals surface area contributed by atoms with Crippen LogP contribution in [-0.2, 0) is 16.6 Å². The monoisotopic (exact) mass is 439 g/mol. The Morgan fingerprint density at radius 2 is 1.86 bits per heavy atom. The van der Waals surface area contributed by atoms with Gasteiger partial charge in [-0.25, -0.2) is 13.4 Å². The minimum Gasteiger partial charge on any atom is -0.497 e. The predicted octanol–water partition coefficient (Wildman–Crippen LogP) is 4.23. The summed E-state index contributed by atoms with van der Waals surface area (Å²) in [7, 11) is -0.816. The SMILES string of the molecule is COc1ccc(OC)c(NS(=O)(=O)c2ccc(NCc3cnc(Cl)s3)cc2)c1. The highest BCUT2D eigenvalue weighted by atomic mass is 35.5. The molecule has 10 heteroatoms. The van der Waals surface area contributed by atoms with Crippen molar-refractivity contribution in [1.82, 2.24) is 4.98 Å². The Balaban J connectivity index is 1.73. The second kappa shape index (κ2) is 8.68. The van der Waals surface area contributed by atoms with E-state index in [2.05, 4.69) is 15.0 Å². The molecule has 0 aliphatic carbocycles. The summed E-state index contributed by atoms with van der Waals surface area (Å²) in [4.78, 5) is 5.09. The Morgan fingerprint density at radius 3 is 2.46 bits per heavy atom. The highest BCUT2D eigenvalue weighted by Gasteiger charge is 2.17. The zero-order valence-corrected chi connectivity index (χ0v) is 17.5. The lowest BCUT2D eigenvalue weighted by molar-refractivity contribution is 0.405. The van der Waals surface area contributed by atoms with Gasteiger partial charge in [0, 0.05) is 22.8 Å². The first-order valence-corrected chi connectivity index (χ1v) is 10.8. The Labute approximate surface area is 172 Å². The van der Waals surface area contributed by atoms with Gasteiger partial charge in [-0.05, 0) is 36.4 Å². The van der Waals surface area contributed by atoms with Crippen molar-refractivity contribution in [3.63, 3.8) is 0 Å². The summed E-state index contributed by atoms with van der Waals surface area (Å²) in [6.07, 6.45) is 1.70. The van der Waals surface area contributed by atoms with E-state index in [1.165, 1.54) is 37.7 Å².